The summed E-state index contributed by atoms with van der Waals surface area (Å²) in [5, 5.41) is 22.2. The van der Waals surface area contributed by atoms with Gasteiger partial charge in [0, 0.05) is 33.5 Å². The Balaban J connectivity index is 1.31. The highest BCUT2D eigenvalue weighted by Gasteiger charge is 2.46. The number of benzene rings is 2. The Kier molecular flexibility index (Phi) is 17.7. The summed E-state index contributed by atoms with van der Waals surface area (Å²) >= 11 is 0. The molecule has 17 heteroatoms. The van der Waals surface area contributed by atoms with Crippen molar-refractivity contribution in [2.24, 2.45) is 11.8 Å². The fourth-order valence-electron chi connectivity index (χ4n) is 8.45. The van der Waals surface area contributed by atoms with Crippen LogP contribution in [0.25, 0.3) is 0 Å². The molecule has 5 rings (SSSR count). The highest BCUT2D eigenvalue weighted by molar-refractivity contribution is 5.94. The summed E-state index contributed by atoms with van der Waals surface area (Å²) in [4.78, 5) is 98.0. The molecule has 1 saturated heterocycles. The van der Waals surface area contributed by atoms with Crippen molar-refractivity contribution >= 4 is 41.4 Å². The van der Waals surface area contributed by atoms with Crippen LogP contribution < -0.4 is 26.0 Å². The summed E-state index contributed by atoms with van der Waals surface area (Å²) < 4.78 is 17.8. The molecule has 1 aliphatic carbocycles. The Morgan fingerprint density at radius 3 is 2.36 bits per heavy atom. The van der Waals surface area contributed by atoms with Crippen molar-refractivity contribution in [3.05, 3.63) is 65.7 Å². The SMILES string of the molecule is CCCC(NC(=O)C1CC2CN1C(=O)[C@H](C1CCC(C(=O)OC(C)(C)C)CC1)NC(=O)Cc1cccc(c1)OCCCO2)C(O)C(=O)NCC(=O)N[C@H](C(=O)N(C)C)c1ccccc1. The van der Waals surface area contributed by atoms with Crippen molar-refractivity contribution in [2.75, 3.05) is 40.4 Å². The van der Waals surface area contributed by atoms with Crippen molar-refractivity contribution in [3.63, 3.8) is 0 Å². The van der Waals surface area contributed by atoms with Gasteiger partial charge in [0.15, 0.2) is 6.10 Å². The van der Waals surface area contributed by atoms with Gasteiger partial charge >= 0.3 is 5.97 Å². The molecular formula is C47H66N6O11. The number of ether oxygens (including phenoxy) is 3. The minimum absolute atomic E-state index is 0.0218. The number of carbonyl (C=O) groups is 7. The van der Waals surface area contributed by atoms with Crippen molar-refractivity contribution in [2.45, 2.75) is 127 Å². The standard InChI is InChI=1S/C47H66N6O11/c1-7-13-35(41(56)43(58)48-27-38(55)51-39(44(59)52(5)6)30-15-9-8-10-16-30)49-42(57)36-26-34-28-53(36)45(60)40(31-18-20-32(21-19-31)46(61)64-47(2,3)4)50-37(54)25-29-14-11-17-33(24-29)62-22-12-23-63-34/h8-11,14-17,24,31-32,34-36,39-41,56H,7,12-13,18-23,25-28H2,1-6H3,(H,48,58)(H,49,57)(H,50,54)(H,51,55)/t31?,32?,34?,35?,36?,39-,40-,41?/m0/s1. The largest absolute Gasteiger partial charge is 0.493 e. The van der Waals surface area contributed by atoms with E-state index in [2.05, 4.69) is 21.3 Å². The van der Waals surface area contributed by atoms with Crippen LogP contribution in [0.15, 0.2) is 54.6 Å². The molecule has 2 fully saturated rings. The van der Waals surface area contributed by atoms with Gasteiger partial charge in [-0.05, 0) is 82.1 Å². The fraction of sp³-hybridized carbons (Fsp3) is 0.596. The lowest BCUT2D eigenvalue weighted by atomic mass is 9.78. The van der Waals surface area contributed by atoms with Gasteiger partial charge in [-0.3, -0.25) is 33.6 Å². The summed E-state index contributed by atoms with van der Waals surface area (Å²) in [5.74, 6) is -3.86. The topological polar surface area (TPSA) is 222 Å². The molecule has 4 unspecified atom stereocenters. The number of carbonyl (C=O) groups excluding carboxylic acids is 7. The lowest BCUT2D eigenvalue weighted by Crippen LogP contribution is -2.59. The number of fused-ring (bicyclic) bond motifs is 4. The predicted molar refractivity (Wildman–Crippen MR) is 235 cm³/mol. The Morgan fingerprint density at radius 2 is 1.69 bits per heavy atom. The van der Waals surface area contributed by atoms with Crippen molar-refractivity contribution in [3.8, 4) is 5.75 Å². The van der Waals surface area contributed by atoms with Crippen molar-refractivity contribution in [1.82, 2.24) is 31.1 Å². The molecule has 0 aromatic heterocycles. The second-order valence-corrected chi connectivity index (χ2v) is 18.2. The summed E-state index contributed by atoms with van der Waals surface area (Å²) in [5.41, 5.74) is 0.588. The average molecular weight is 891 g/mol. The zero-order valence-corrected chi connectivity index (χ0v) is 37.9. The average Bonchev–Trinajstić information content (AvgIpc) is 3.69. The lowest BCUT2D eigenvalue weighted by molar-refractivity contribution is -0.161. The van der Waals surface area contributed by atoms with Gasteiger partial charge in [0.1, 0.15) is 29.5 Å². The van der Waals surface area contributed by atoms with E-state index in [9.17, 15) is 38.7 Å². The molecule has 350 valence electrons. The van der Waals surface area contributed by atoms with Crippen LogP contribution in [0.1, 0.15) is 96.2 Å². The van der Waals surface area contributed by atoms with Crippen LogP contribution in [0.3, 0.4) is 0 Å². The molecule has 4 bridgehead atoms. The highest BCUT2D eigenvalue weighted by Crippen LogP contribution is 2.35. The monoisotopic (exact) mass is 890 g/mol. The van der Waals surface area contributed by atoms with Crippen LogP contribution in [0.4, 0.5) is 0 Å². The molecule has 64 heavy (non-hydrogen) atoms. The number of nitrogens with one attached hydrogen (secondary N) is 4. The number of nitrogens with zero attached hydrogens (tertiary/aromatic N) is 2. The minimum Gasteiger partial charge on any atom is -0.493 e. The van der Waals surface area contributed by atoms with Crippen molar-refractivity contribution < 1.29 is 52.9 Å². The summed E-state index contributed by atoms with van der Waals surface area (Å²) in [7, 11) is 3.12. The number of likely N-dealkylation sites (N-methyl/N-ethyl adjacent to an activating group) is 1. The third-order valence-corrected chi connectivity index (χ3v) is 11.7. The third kappa shape index (κ3) is 14.0. The van der Waals surface area contributed by atoms with Gasteiger partial charge in [-0.1, -0.05) is 55.8 Å². The zero-order chi connectivity index (χ0) is 46.6. The third-order valence-electron chi connectivity index (χ3n) is 11.7. The van der Waals surface area contributed by atoms with E-state index >= 15 is 0 Å². The molecule has 2 aromatic rings. The molecule has 1 saturated carbocycles. The van der Waals surface area contributed by atoms with Gasteiger partial charge in [0.05, 0.1) is 44.2 Å². The summed E-state index contributed by atoms with van der Waals surface area (Å²) in [6.45, 7) is 7.37. The summed E-state index contributed by atoms with van der Waals surface area (Å²) in [6, 6.07) is 11.6. The second-order valence-electron chi connectivity index (χ2n) is 18.2. The molecule has 0 radical (unpaired) electrons. The molecule has 2 heterocycles. The quantitative estimate of drug-likeness (QED) is 0.184. The van der Waals surface area contributed by atoms with Gasteiger partial charge in [-0.15, -0.1) is 0 Å². The molecule has 0 spiro atoms. The second kappa shape index (κ2) is 22.9. The lowest BCUT2D eigenvalue weighted by Gasteiger charge is -2.37. The number of hydrogen-bond acceptors (Lipinski definition) is 11. The number of hydrogen-bond donors (Lipinski definition) is 5. The Bertz CT molecular complexity index is 1950. The van der Waals surface area contributed by atoms with Crippen LogP contribution in [0.2, 0.25) is 0 Å². The normalized spacial score (nSPS) is 23.3. The van der Waals surface area contributed by atoms with E-state index in [1.165, 1.54) is 9.80 Å². The molecule has 2 aromatic carbocycles. The van der Waals surface area contributed by atoms with Crippen molar-refractivity contribution in [1.29, 1.82) is 0 Å². The van der Waals surface area contributed by atoms with E-state index in [0.717, 1.165) is 0 Å². The van der Waals surface area contributed by atoms with E-state index in [-0.39, 0.29) is 56.1 Å². The maximum atomic E-state index is 14.9. The first-order valence-corrected chi connectivity index (χ1v) is 22.4. The van der Waals surface area contributed by atoms with Gasteiger partial charge in [0.2, 0.25) is 29.5 Å². The van der Waals surface area contributed by atoms with Crippen LogP contribution in [0.5, 0.6) is 5.75 Å². The summed E-state index contributed by atoms with van der Waals surface area (Å²) in [6.07, 6.45) is 0.738. The number of aliphatic hydroxyl groups excluding tert-OH is 1. The van der Waals surface area contributed by atoms with Gasteiger partial charge in [0.25, 0.3) is 5.91 Å². The number of amides is 6. The number of esters is 1. The maximum absolute atomic E-state index is 14.9. The Hall–Kier alpha value is -5.55. The Morgan fingerprint density at radius 1 is 0.969 bits per heavy atom. The fourth-order valence-corrected chi connectivity index (χ4v) is 8.45. The minimum atomic E-state index is -1.78. The predicted octanol–water partition coefficient (Wildman–Crippen LogP) is 2.34. The number of aliphatic hydroxyl groups is 1. The van der Waals surface area contributed by atoms with Gasteiger partial charge in [-0.25, -0.2) is 0 Å². The molecule has 3 aliphatic rings. The van der Waals surface area contributed by atoms with Gasteiger partial charge < -0.3 is 50.4 Å². The van der Waals surface area contributed by atoms with Crippen LogP contribution in [-0.2, 0) is 49.5 Å². The van der Waals surface area contributed by atoms with Crippen LogP contribution in [0, 0.1) is 11.8 Å². The van der Waals surface area contributed by atoms with E-state index < -0.39 is 78.1 Å². The molecular weight excluding hydrogens is 825 g/mol. The van der Waals surface area contributed by atoms with E-state index in [1.54, 1.807) is 68.7 Å². The first-order valence-electron chi connectivity index (χ1n) is 22.4. The molecule has 6 atom stereocenters. The number of rotatable bonds is 13. The smallest absolute Gasteiger partial charge is 0.309 e. The molecule has 6 amide bonds. The zero-order valence-electron chi connectivity index (χ0n) is 37.9. The van der Waals surface area contributed by atoms with E-state index in [0.29, 0.717) is 62.0 Å². The van der Waals surface area contributed by atoms with Crippen LogP contribution >= 0.6 is 0 Å². The first-order chi connectivity index (χ1) is 30.4. The van der Waals surface area contributed by atoms with E-state index in [1.807, 2.05) is 27.7 Å². The van der Waals surface area contributed by atoms with Crippen LogP contribution in [-0.4, -0.2) is 133 Å². The Labute approximate surface area is 375 Å². The molecule has 17 nitrogen and oxygen atoms in total. The highest BCUT2D eigenvalue weighted by atomic mass is 16.6. The molecule has 2 aliphatic heterocycles. The van der Waals surface area contributed by atoms with E-state index in [4.69, 9.17) is 14.2 Å². The molecule has 5 N–H and O–H groups in total. The van der Waals surface area contributed by atoms with Gasteiger partial charge in [-0.2, -0.15) is 0 Å². The maximum Gasteiger partial charge on any atom is 0.309 e. The first kappa shape index (κ1) is 49.5.